The summed E-state index contributed by atoms with van der Waals surface area (Å²) in [6.07, 6.45) is -3.81. The standard InChI is InChI=1S/C12H12F3NO2S/c13-12(14,15)10-5-1-4-9-8(3-2-6-16)7-19(17,18)11(9)10/h1,4-5,7H,2-3,6,16H2. The van der Waals surface area contributed by atoms with Crippen molar-refractivity contribution in [1.82, 2.24) is 0 Å². The van der Waals surface area contributed by atoms with Crippen LogP contribution in [0.2, 0.25) is 0 Å². The van der Waals surface area contributed by atoms with Gasteiger partial charge >= 0.3 is 6.18 Å². The highest BCUT2D eigenvalue weighted by atomic mass is 32.2. The fourth-order valence-electron chi connectivity index (χ4n) is 2.12. The third kappa shape index (κ3) is 2.52. The number of hydrogen-bond acceptors (Lipinski definition) is 3. The first-order valence-corrected chi connectivity index (χ1v) is 7.18. The van der Waals surface area contributed by atoms with Crippen molar-refractivity contribution in [2.45, 2.75) is 23.9 Å². The molecule has 0 aliphatic carbocycles. The lowest BCUT2D eigenvalue weighted by molar-refractivity contribution is -0.139. The number of alkyl halides is 3. The minimum absolute atomic E-state index is 0.142. The van der Waals surface area contributed by atoms with Crippen molar-refractivity contribution in [3.05, 3.63) is 34.7 Å². The van der Waals surface area contributed by atoms with Gasteiger partial charge in [-0.15, -0.1) is 0 Å². The summed E-state index contributed by atoms with van der Waals surface area (Å²) in [5, 5.41) is 0.919. The number of sulfone groups is 1. The second-order valence-corrected chi connectivity index (χ2v) is 5.99. The summed E-state index contributed by atoms with van der Waals surface area (Å²) in [5.41, 5.74) is 4.77. The first-order valence-electron chi connectivity index (χ1n) is 5.63. The van der Waals surface area contributed by atoms with E-state index in [1.807, 2.05) is 0 Å². The van der Waals surface area contributed by atoms with Gasteiger partial charge in [0.2, 0.25) is 9.84 Å². The highest BCUT2D eigenvalue weighted by Gasteiger charge is 2.40. The van der Waals surface area contributed by atoms with Crippen molar-refractivity contribution >= 4 is 15.4 Å². The van der Waals surface area contributed by atoms with Crippen LogP contribution in [0, 0.1) is 0 Å². The Balaban J connectivity index is 2.60. The topological polar surface area (TPSA) is 60.2 Å². The van der Waals surface area contributed by atoms with Crippen LogP contribution >= 0.6 is 0 Å². The summed E-state index contributed by atoms with van der Waals surface area (Å²) in [5.74, 6) is 0. The first kappa shape index (κ1) is 14.1. The van der Waals surface area contributed by atoms with E-state index in [0.717, 1.165) is 11.5 Å². The van der Waals surface area contributed by atoms with Gasteiger partial charge in [0.15, 0.2) is 0 Å². The summed E-state index contributed by atoms with van der Waals surface area (Å²) >= 11 is 0. The zero-order chi connectivity index (χ0) is 14.3. The lowest BCUT2D eigenvalue weighted by Gasteiger charge is -2.12. The molecule has 0 radical (unpaired) electrons. The molecular weight excluding hydrogens is 279 g/mol. The van der Waals surface area contributed by atoms with Gasteiger partial charge in [-0.2, -0.15) is 13.2 Å². The van der Waals surface area contributed by atoms with E-state index >= 15 is 0 Å². The van der Waals surface area contributed by atoms with Gasteiger partial charge in [0.25, 0.3) is 0 Å². The monoisotopic (exact) mass is 291 g/mol. The maximum atomic E-state index is 12.9. The lowest BCUT2D eigenvalue weighted by Crippen LogP contribution is -2.11. The molecule has 0 aromatic heterocycles. The Hall–Kier alpha value is -1.34. The van der Waals surface area contributed by atoms with Crippen LogP contribution in [-0.2, 0) is 16.0 Å². The van der Waals surface area contributed by atoms with E-state index in [1.54, 1.807) is 0 Å². The minimum atomic E-state index is -4.68. The highest BCUT2D eigenvalue weighted by molar-refractivity contribution is 7.95. The SMILES string of the molecule is NCCCC1=CS(=O)(=O)c2c1cccc2C(F)(F)F. The summed E-state index contributed by atoms with van der Waals surface area (Å²) in [7, 11) is -4.02. The molecule has 0 bridgehead atoms. The Morgan fingerprint density at radius 2 is 1.89 bits per heavy atom. The van der Waals surface area contributed by atoms with Crippen LogP contribution in [0.5, 0.6) is 0 Å². The average Bonchev–Trinajstić information content (AvgIpc) is 2.57. The van der Waals surface area contributed by atoms with Crippen molar-refractivity contribution in [1.29, 1.82) is 0 Å². The van der Waals surface area contributed by atoms with E-state index in [2.05, 4.69) is 0 Å². The molecule has 1 aromatic rings. The molecule has 1 aromatic carbocycles. The fourth-order valence-corrected chi connectivity index (χ4v) is 3.85. The van der Waals surface area contributed by atoms with Crippen LogP contribution in [0.1, 0.15) is 24.0 Å². The molecular formula is C12H12F3NO2S. The van der Waals surface area contributed by atoms with Crippen molar-refractivity contribution in [3.8, 4) is 0 Å². The number of halogens is 3. The van der Waals surface area contributed by atoms with Crippen LogP contribution in [0.15, 0.2) is 28.5 Å². The summed E-state index contributed by atoms with van der Waals surface area (Å²) < 4.78 is 62.3. The quantitative estimate of drug-likeness (QED) is 0.931. The van der Waals surface area contributed by atoms with Crippen molar-refractivity contribution in [3.63, 3.8) is 0 Å². The van der Waals surface area contributed by atoms with E-state index in [9.17, 15) is 21.6 Å². The second-order valence-electron chi connectivity index (χ2n) is 4.26. The van der Waals surface area contributed by atoms with Gasteiger partial charge in [-0.05, 0) is 36.6 Å². The van der Waals surface area contributed by atoms with Gasteiger partial charge in [0.05, 0.1) is 10.5 Å². The van der Waals surface area contributed by atoms with Crippen LogP contribution in [-0.4, -0.2) is 15.0 Å². The average molecular weight is 291 g/mol. The molecule has 0 spiro atoms. The van der Waals surface area contributed by atoms with Crippen LogP contribution in [0.3, 0.4) is 0 Å². The highest BCUT2D eigenvalue weighted by Crippen LogP contribution is 2.43. The molecule has 1 heterocycles. The molecule has 104 valence electrons. The molecule has 0 amide bonds. The van der Waals surface area contributed by atoms with Gasteiger partial charge in [0.1, 0.15) is 0 Å². The van der Waals surface area contributed by atoms with Gasteiger partial charge < -0.3 is 5.73 Å². The van der Waals surface area contributed by atoms with Gasteiger partial charge in [-0.25, -0.2) is 8.42 Å². The minimum Gasteiger partial charge on any atom is -0.330 e. The number of fused-ring (bicyclic) bond motifs is 1. The molecule has 2 N–H and O–H groups in total. The molecule has 0 fully saturated rings. The van der Waals surface area contributed by atoms with E-state index in [0.29, 0.717) is 25.0 Å². The number of rotatable bonds is 3. The zero-order valence-electron chi connectivity index (χ0n) is 9.87. The predicted molar refractivity (Wildman–Crippen MR) is 64.9 cm³/mol. The largest absolute Gasteiger partial charge is 0.417 e. The molecule has 0 unspecified atom stereocenters. The maximum absolute atomic E-state index is 12.9. The van der Waals surface area contributed by atoms with Crippen molar-refractivity contribution < 1.29 is 21.6 Å². The van der Waals surface area contributed by atoms with Crippen LogP contribution in [0.25, 0.3) is 5.57 Å². The smallest absolute Gasteiger partial charge is 0.330 e. The normalized spacial score (nSPS) is 17.2. The van der Waals surface area contributed by atoms with Crippen molar-refractivity contribution in [2.24, 2.45) is 5.73 Å². The Bertz CT molecular complexity index is 633. The first-order chi connectivity index (χ1) is 8.77. The molecule has 2 rings (SSSR count). The van der Waals surface area contributed by atoms with E-state index < -0.39 is 26.5 Å². The number of nitrogens with two attached hydrogens (primary N) is 1. The molecule has 0 saturated carbocycles. The molecule has 1 aliphatic heterocycles. The molecule has 19 heavy (non-hydrogen) atoms. The number of allylic oxidation sites excluding steroid dienone is 1. The summed E-state index contributed by atoms with van der Waals surface area (Å²) in [6, 6.07) is 3.41. The summed E-state index contributed by atoms with van der Waals surface area (Å²) in [6.45, 7) is 0.353. The second kappa shape index (κ2) is 4.64. The lowest BCUT2D eigenvalue weighted by atomic mass is 10.0. The van der Waals surface area contributed by atoms with Crippen LogP contribution in [0.4, 0.5) is 13.2 Å². The van der Waals surface area contributed by atoms with Crippen LogP contribution < -0.4 is 5.73 Å². The fraction of sp³-hybridized carbons (Fsp3) is 0.333. The molecule has 7 heteroatoms. The zero-order valence-corrected chi connectivity index (χ0v) is 10.7. The van der Waals surface area contributed by atoms with Crippen molar-refractivity contribution in [2.75, 3.05) is 6.54 Å². The Kier molecular flexibility index (Phi) is 3.44. The predicted octanol–water partition coefficient (Wildman–Crippen LogP) is 2.57. The molecule has 0 atom stereocenters. The molecule has 1 aliphatic rings. The Morgan fingerprint density at radius 3 is 2.47 bits per heavy atom. The van der Waals surface area contributed by atoms with Gasteiger partial charge in [-0.1, -0.05) is 12.1 Å². The number of benzene rings is 1. The molecule has 0 saturated heterocycles. The maximum Gasteiger partial charge on any atom is 0.417 e. The van der Waals surface area contributed by atoms with E-state index in [4.69, 9.17) is 5.73 Å². The third-order valence-corrected chi connectivity index (χ3v) is 4.50. The van der Waals surface area contributed by atoms with E-state index in [1.165, 1.54) is 12.1 Å². The van der Waals surface area contributed by atoms with E-state index in [-0.39, 0.29) is 5.56 Å². The third-order valence-electron chi connectivity index (χ3n) is 2.90. The number of hydrogen-bond donors (Lipinski definition) is 1. The molecule has 3 nitrogen and oxygen atoms in total. The van der Waals surface area contributed by atoms with Gasteiger partial charge in [-0.3, -0.25) is 0 Å². The Morgan fingerprint density at radius 1 is 1.21 bits per heavy atom. The Labute approximate surface area is 108 Å². The summed E-state index contributed by atoms with van der Waals surface area (Å²) in [4.78, 5) is -0.630. The van der Waals surface area contributed by atoms with Gasteiger partial charge in [0, 0.05) is 5.41 Å².